The van der Waals surface area contributed by atoms with Gasteiger partial charge in [0.1, 0.15) is 18.3 Å². The van der Waals surface area contributed by atoms with Crippen molar-refractivity contribution in [3.63, 3.8) is 0 Å². The van der Waals surface area contributed by atoms with Crippen LogP contribution in [0, 0.1) is 0 Å². The summed E-state index contributed by atoms with van der Waals surface area (Å²) in [6.45, 7) is 5.11. The molecule has 0 aromatic carbocycles. The summed E-state index contributed by atoms with van der Waals surface area (Å²) >= 11 is 11.2. The second kappa shape index (κ2) is 6.95. The van der Waals surface area contributed by atoms with Gasteiger partial charge in [-0.15, -0.1) is 34.9 Å². The molecule has 1 aliphatic rings. The van der Waals surface area contributed by atoms with Crippen LogP contribution in [-0.2, 0) is 6.54 Å². The maximum absolute atomic E-state index is 13.0. The summed E-state index contributed by atoms with van der Waals surface area (Å²) in [4.78, 5) is 18.2. The van der Waals surface area contributed by atoms with Crippen molar-refractivity contribution >= 4 is 52.1 Å². The van der Waals surface area contributed by atoms with Gasteiger partial charge in [-0.3, -0.25) is 0 Å². The van der Waals surface area contributed by atoms with Crippen LogP contribution >= 0.6 is 46.5 Å². The number of rotatable bonds is 3. The predicted molar refractivity (Wildman–Crippen MR) is 107 cm³/mol. The number of halogens is 1. The standard InChI is InChI=1S/C17H17ClN3OS3/c1-10-11(2)24-16(23-10)13-9-20(8-12-7-19-17(18)25-12)14-5-3-4-6-21(14)15(13)22/h3-7,9-11,16H,8H2,1-2H3/q+1. The molecule has 130 valence electrons. The summed E-state index contributed by atoms with van der Waals surface area (Å²) in [5, 5.41) is 1.08. The first-order chi connectivity index (χ1) is 12.0. The molecular weight excluding hydrogens is 394 g/mol. The minimum absolute atomic E-state index is 0.0699. The Labute approximate surface area is 163 Å². The number of hydrogen-bond donors (Lipinski definition) is 0. The lowest BCUT2D eigenvalue weighted by atomic mass is 10.3. The summed E-state index contributed by atoms with van der Waals surface area (Å²) in [5.74, 6) is 0. The fourth-order valence-electron chi connectivity index (χ4n) is 2.87. The summed E-state index contributed by atoms with van der Waals surface area (Å²) in [6, 6.07) is 5.81. The summed E-state index contributed by atoms with van der Waals surface area (Å²) in [7, 11) is 0. The van der Waals surface area contributed by atoms with Crippen LogP contribution in [0.1, 0.15) is 28.9 Å². The van der Waals surface area contributed by atoms with E-state index in [9.17, 15) is 4.79 Å². The molecule has 0 radical (unpaired) electrons. The third-order valence-corrected chi connectivity index (χ3v) is 8.95. The van der Waals surface area contributed by atoms with Crippen LogP contribution < -0.4 is 10.1 Å². The molecular formula is C17H17ClN3OS3+. The number of fused-ring (bicyclic) bond motifs is 1. The molecule has 1 fully saturated rings. The average Bonchev–Trinajstić information content (AvgIpc) is 3.16. The van der Waals surface area contributed by atoms with E-state index in [2.05, 4.69) is 23.4 Å². The summed E-state index contributed by atoms with van der Waals surface area (Å²) in [5.41, 5.74) is 1.79. The van der Waals surface area contributed by atoms with Gasteiger partial charge in [-0.25, -0.2) is 14.3 Å². The molecule has 25 heavy (non-hydrogen) atoms. The largest absolute Gasteiger partial charge is 0.347 e. The highest BCUT2D eigenvalue weighted by Gasteiger charge is 2.34. The Morgan fingerprint density at radius 2 is 2.04 bits per heavy atom. The van der Waals surface area contributed by atoms with E-state index in [1.54, 1.807) is 10.6 Å². The lowest BCUT2D eigenvalue weighted by molar-refractivity contribution is -0.665. The Morgan fingerprint density at radius 1 is 1.28 bits per heavy atom. The van der Waals surface area contributed by atoms with Gasteiger partial charge in [0.2, 0.25) is 0 Å². The molecule has 4 nitrogen and oxygen atoms in total. The van der Waals surface area contributed by atoms with Gasteiger partial charge in [-0.05, 0) is 6.07 Å². The number of thioether (sulfide) groups is 2. The Kier molecular flexibility index (Phi) is 4.83. The Hall–Kier alpha value is -1.02. The molecule has 2 atom stereocenters. The molecule has 0 saturated carbocycles. The van der Waals surface area contributed by atoms with E-state index in [0.717, 1.165) is 16.1 Å². The van der Waals surface area contributed by atoms with Crippen molar-refractivity contribution in [1.29, 1.82) is 0 Å². The zero-order valence-corrected chi connectivity index (χ0v) is 17.0. The first-order valence-corrected chi connectivity index (χ1v) is 11.1. The van der Waals surface area contributed by atoms with Crippen molar-refractivity contribution in [2.45, 2.75) is 35.5 Å². The van der Waals surface area contributed by atoms with Crippen LogP contribution in [0.25, 0.3) is 5.65 Å². The van der Waals surface area contributed by atoms with Gasteiger partial charge in [0, 0.05) is 22.8 Å². The number of aromatic nitrogens is 3. The van der Waals surface area contributed by atoms with Crippen molar-refractivity contribution in [2.24, 2.45) is 0 Å². The third kappa shape index (κ3) is 3.35. The fourth-order valence-corrected chi connectivity index (χ4v) is 7.38. The number of pyridine rings is 1. The molecule has 0 aliphatic carbocycles. The molecule has 0 N–H and O–H groups in total. The van der Waals surface area contributed by atoms with E-state index in [1.807, 2.05) is 54.1 Å². The Balaban J connectivity index is 1.84. The third-order valence-electron chi connectivity index (χ3n) is 4.34. The number of nitrogens with zero attached hydrogens (tertiary/aromatic N) is 3. The average molecular weight is 411 g/mol. The van der Waals surface area contributed by atoms with Gasteiger partial charge in [0.05, 0.1) is 15.7 Å². The van der Waals surface area contributed by atoms with Crippen LogP contribution in [0.5, 0.6) is 0 Å². The van der Waals surface area contributed by atoms with E-state index < -0.39 is 0 Å². The molecule has 8 heteroatoms. The van der Waals surface area contributed by atoms with Gasteiger partial charge in [-0.2, -0.15) is 4.40 Å². The second-order valence-corrected chi connectivity index (χ2v) is 11.0. The molecule has 1 saturated heterocycles. The topological polar surface area (TPSA) is 38.2 Å². The normalized spacial score (nSPS) is 23.4. The Bertz CT molecular complexity index is 977. The van der Waals surface area contributed by atoms with Crippen molar-refractivity contribution in [3.8, 4) is 0 Å². The van der Waals surface area contributed by atoms with Gasteiger partial charge in [-0.1, -0.05) is 31.5 Å². The predicted octanol–water partition coefficient (Wildman–Crippen LogP) is 4.00. The van der Waals surface area contributed by atoms with Gasteiger partial charge in [0.15, 0.2) is 4.47 Å². The second-order valence-electron chi connectivity index (χ2n) is 6.04. The molecule has 4 heterocycles. The highest BCUT2D eigenvalue weighted by atomic mass is 35.5. The molecule has 4 rings (SSSR count). The van der Waals surface area contributed by atoms with Crippen LogP contribution in [0.4, 0.5) is 0 Å². The molecule has 1 aliphatic heterocycles. The fraction of sp³-hybridized carbons (Fsp3) is 0.353. The summed E-state index contributed by atoms with van der Waals surface area (Å²) in [6.07, 6.45) is 5.66. The summed E-state index contributed by atoms with van der Waals surface area (Å²) < 4.78 is 4.57. The van der Waals surface area contributed by atoms with Crippen LogP contribution in [-0.4, -0.2) is 19.9 Å². The minimum atomic E-state index is 0.0699. The maximum atomic E-state index is 13.0. The molecule has 0 amide bonds. The number of hydrogen-bond acceptors (Lipinski definition) is 5. The Morgan fingerprint density at radius 3 is 2.72 bits per heavy atom. The van der Waals surface area contributed by atoms with Crippen LogP contribution in [0.3, 0.4) is 0 Å². The molecule has 3 aromatic heterocycles. The zero-order chi connectivity index (χ0) is 17.6. The highest BCUT2D eigenvalue weighted by Crippen LogP contribution is 2.52. The smallest absolute Gasteiger partial charge is 0.240 e. The molecule has 0 spiro atoms. The van der Waals surface area contributed by atoms with Gasteiger partial charge < -0.3 is 0 Å². The molecule has 3 aromatic rings. The first-order valence-electron chi connectivity index (χ1n) is 7.98. The lowest BCUT2D eigenvalue weighted by Crippen LogP contribution is -2.41. The SMILES string of the molecule is CC1SC(c2c[n+](Cc3cnc(Cl)s3)c3ccccn3c2=O)SC1C. The van der Waals surface area contributed by atoms with E-state index in [-0.39, 0.29) is 10.1 Å². The highest BCUT2D eigenvalue weighted by molar-refractivity contribution is 8.20. The zero-order valence-electron chi connectivity index (χ0n) is 13.8. The molecule has 2 unspecified atom stereocenters. The first kappa shape index (κ1) is 17.4. The van der Waals surface area contributed by atoms with E-state index in [0.29, 0.717) is 21.5 Å². The molecule has 0 bridgehead atoms. The number of thiazole rings is 1. The maximum Gasteiger partial charge on any atom is 0.347 e. The monoisotopic (exact) mass is 410 g/mol. The quantitative estimate of drug-likeness (QED) is 0.611. The van der Waals surface area contributed by atoms with Crippen molar-refractivity contribution in [2.75, 3.05) is 0 Å². The minimum Gasteiger partial charge on any atom is -0.240 e. The van der Waals surface area contributed by atoms with Gasteiger partial charge >= 0.3 is 5.56 Å². The van der Waals surface area contributed by atoms with Gasteiger partial charge in [0.25, 0.3) is 5.65 Å². The van der Waals surface area contributed by atoms with Crippen molar-refractivity contribution < 1.29 is 4.57 Å². The van der Waals surface area contributed by atoms with Crippen LogP contribution in [0.2, 0.25) is 4.47 Å². The van der Waals surface area contributed by atoms with E-state index in [4.69, 9.17) is 11.6 Å². The van der Waals surface area contributed by atoms with Crippen molar-refractivity contribution in [3.05, 3.63) is 62.1 Å². The van der Waals surface area contributed by atoms with E-state index in [1.165, 1.54) is 11.3 Å². The lowest BCUT2D eigenvalue weighted by Gasteiger charge is -2.10. The van der Waals surface area contributed by atoms with E-state index >= 15 is 0 Å². The van der Waals surface area contributed by atoms with Crippen molar-refractivity contribution in [1.82, 2.24) is 9.38 Å². The van der Waals surface area contributed by atoms with Crippen LogP contribution in [0.15, 0.2) is 41.6 Å².